The summed E-state index contributed by atoms with van der Waals surface area (Å²) in [6.45, 7) is 3.21. The van der Waals surface area contributed by atoms with Crippen LogP contribution in [-0.2, 0) is 35.6 Å². The van der Waals surface area contributed by atoms with Crippen molar-refractivity contribution in [1.29, 1.82) is 0 Å². The van der Waals surface area contributed by atoms with Crippen LogP contribution in [0.3, 0.4) is 0 Å². The van der Waals surface area contributed by atoms with Crippen molar-refractivity contribution in [1.82, 2.24) is 35.1 Å². The molecule has 0 bridgehead atoms. The topological polar surface area (TPSA) is 197 Å². The molecule has 1 saturated heterocycles. The summed E-state index contributed by atoms with van der Waals surface area (Å²) in [5, 5.41) is 17.9. The molecule has 0 spiro atoms. The van der Waals surface area contributed by atoms with Gasteiger partial charge in [0.1, 0.15) is 11.6 Å². The van der Waals surface area contributed by atoms with Crippen LogP contribution in [0.4, 0.5) is 18.9 Å². The molecule has 5 amide bonds. The highest BCUT2D eigenvalue weighted by Gasteiger charge is 2.46. The Hall–Kier alpha value is -5.44. The van der Waals surface area contributed by atoms with E-state index in [9.17, 15) is 37.1 Å². The van der Waals surface area contributed by atoms with Gasteiger partial charge in [-0.05, 0) is 62.4 Å². The molecule has 2 aromatic carbocycles. The lowest BCUT2D eigenvalue weighted by atomic mass is 9.85. The van der Waals surface area contributed by atoms with Crippen LogP contribution in [0.2, 0.25) is 0 Å². The first-order chi connectivity index (χ1) is 28.9. The minimum atomic E-state index is -4.19. The van der Waals surface area contributed by atoms with Gasteiger partial charge in [0.05, 0.1) is 75.4 Å². The standard InChI is InChI=1S/C40H47F3N8O9/c1-49-47-34-28-23-24(5-10-30(28)50(35(34)48-49)26-8-6-25(7-9-26)40(41,42)43)36(53)45-14-16-58-18-20-60-22-21-59-19-17-57-15-13-44-29-4-2-3-27-33(29)39(56)51(38(27)55)31-11-12-32(52)46-37(31)54/h2-5,10,23,25-26,31,44H,6-9,11-22H2,1H3,(H,45,53)(H,46,52,54)/t25-,26-,31?. The molecule has 1 aliphatic carbocycles. The van der Waals surface area contributed by atoms with Crippen molar-refractivity contribution in [3.63, 3.8) is 0 Å². The highest BCUT2D eigenvalue weighted by Crippen LogP contribution is 2.43. The Morgan fingerprint density at radius 3 is 2.17 bits per heavy atom. The summed E-state index contributed by atoms with van der Waals surface area (Å²) in [4.78, 5) is 65.4. The number of fused-ring (bicyclic) bond motifs is 4. The van der Waals surface area contributed by atoms with Gasteiger partial charge in [0, 0.05) is 49.2 Å². The number of carbonyl (C=O) groups excluding carboxylic acids is 5. The van der Waals surface area contributed by atoms with E-state index in [0.717, 1.165) is 15.8 Å². The van der Waals surface area contributed by atoms with E-state index in [1.165, 1.54) is 10.9 Å². The van der Waals surface area contributed by atoms with Crippen molar-refractivity contribution in [2.45, 2.75) is 56.8 Å². The van der Waals surface area contributed by atoms with Crippen LogP contribution >= 0.6 is 0 Å². The number of aromatic nitrogens is 4. The summed E-state index contributed by atoms with van der Waals surface area (Å²) in [5.41, 5.74) is 3.24. The number of nitrogens with one attached hydrogen (secondary N) is 3. The van der Waals surface area contributed by atoms with Crippen molar-refractivity contribution < 1.29 is 56.1 Å². The minimum Gasteiger partial charge on any atom is -0.382 e. The molecule has 2 aliphatic heterocycles. The van der Waals surface area contributed by atoms with Gasteiger partial charge in [0.15, 0.2) is 5.65 Å². The predicted molar refractivity (Wildman–Crippen MR) is 208 cm³/mol. The Bertz CT molecular complexity index is 2230. The van der Waals surface area contributed by atoms with E-state index < -0.39 is 41.8 Å². The number of piperidine rings is 1. The normalized spacial score (nSPS) is 19.7. The van der Waals surface area contributed by atoms with Crippen molar-refractivity contribution in [2.75, 3.05) is 71.3 Å². The average Bonchev–Trinajstić information content (AvgIpc) is 3.83. The Kier molecular flexibility index (Phi) is 13.4. The number of nitrogens with zero attached hydrogens (tertiary/aromatic N) is 5. The van der Waals surface area contributed by atoms with Gasteiger partial charge >= 0.3 is 6.18 Å². The number of imide groups is 2. The summed E-state index contributed by atoms with van der Waals surface area (Å²) in [6, 6.07) is 8.93. The van der Waals surface area contributed by atoms with Gasteiger partial charge in [-0.2, -0.15) is 23.1 Å². The third-order valence-corrected chi connectivity index (χ3v) is 10.9. The SMILES string of the molecule is Cn1nc2c3cc(C(=O)NCCOCCOCCOCCOCCNc4cccc5c4C(=O)N(C4CCC(=O)NC4=O)C5=O)ccc3n([C@H]3CC[C@H](C(F)(F)F)CC3)c2n1. The van der Waals surface area contributed by atoms with E-state index in [2.05, 4.69) is 26.1 Å². The van der Waals surface area contributed by atoms with E-state index in [4.69, 9.17) is 18.9 Å². The van der Waals surface area contributed by atoms with Crippen LogP contribution in [0, 0.1) is 5.92 Å². The smallest absolute Gasteiger partial charge is 0.382 e. The lowest BCUT2D eigenvalue weighted by molar-refractivity contribution is -0.183. The number of benzene rings is 2. The molecule has 3 aliphatic rings. The predicted octanol–water partition coefficient (Wildman–Crippen LogP) is 3.53. The number of ether oxygens (including phenoxy) is 4. The van der Waals surface area contributed by atoms with E-state index in [-0.39, 0.29) is 61.9 Å². The molecule has 0 radical (unpaired) electrons. The molecule has 1 unspecified atom stereocenters. The maximum atomic E-state index is 13.3. The first kappa shape index (κ1) is 42.7. The molecule has 60 heavy (non-hydrogen) atoms. The number of aryl methyl sites for hydroxylation is 1. The van der Waals surface area contributed by atoms with E-state index in [1.54, 1.807) is 31.3 Å². The third kappa shape index (κ3) is 9.46. The van der Waals surface area contributed by atoms with Gasteiger partial charge in [-0.3, -0.25) is 34.2 Å². The van der Waals surface area contributed by atoms with Crippen molar-refractivity contribution >= 4 is 57.3 Å². The summed E-state index contributed by atoms with van der Waals surface area (Å²) in [5.74, 6) is -3.83. The second kappa shape index (κ2) is 18.9. The number of hydrogen-bond acceptors (Lipinski definition) is 12. The largest absolute Gasteiger partial charge is 0.391 e. The van der Waals surface area contributed by atoms with Crippen LogP contribution in [0.15, 0.2) is 36.4 Å². The maximum Gasteiger partial charge on any atom is 0.391 e. The molecule has 7 rings (SSSR count). The third-order valence-electron chi connectivity index (χ3n) is 10.9. The molecule has 2 aromatic heterocycles. The number of anilines is 1. The van der Waals surface area contributed by atoms with Gasteiger partial charge in [-0.25, -0.2) is 0 Å². The van der Waals surface area contributed by atoms with Crippen molar-refractivity contribution in [3.8, 4) is 0 Å². The molecular weight excluding hydrogens is 793 g/mol. The van der Waals surface area contributed by atoms with Gasteiger partial charge in [-0.15, -0.1) is 5.10 Å². The van der Waals surface area contributed by atoms with E-state index >= 15 is 0 Å². The molecule has 1 atom stereocenters. The zero-order chi connectivity index (χ0) is 42.4. The molecule has 17 nitrogen and oxygen atoms in total. The highest BCUT2D eigenvalue weighted by atomic mass is 19.4. The number of rotatable bonds is 19. The monoisotopic (exact) mass is 840 g/mol. The summed E-state index contributed by atoms with van der Waals surface area (Å²) >= 11 is 0. The van der Waals surface area contributed by atoms with Crippen molar-refractivity contribution in [3.05, 3.63) is 53.1 Å². The Labute approximate surface area is 342 Å². The second-order valence-corrected chi connectivity index (χ2v) is 14.8. The van der Waals surface area contributed by atoms with Crippen LogP contribution in [-0.4, -0.2) is 132 Å². The van der Waals surface area contributed by atoms with Crippen LogP contribution < -0.4 is 16.0 Å². The molecule has 3 N–H and O–H groups in total. The summed E-state index contributed by atoms with van der Waals surface area (Å²) < 4.78 is 64.1. The number of hydrogen-bond donors (Lipinski definition) is 3. The van der Waals surface area contributed by atoms with Gasteiger partial charge < -0.3 is 34.1 Å². The lowest BCUT2D eigenvalue weighted by Crippen LogP contribution is -2.54. The van der Waals surface area contributed by atoms with Gasteiger partial charge in [0.2, 0.25) is 11.8 Å². The van der Waals surface area contributed by atoms with Crippen LogP contribution in [0.25, 0.3) is 22.1 Å². The van der Waals surface area contributed by atoms with Crippen LogP contribution in [0.1, 0.15) is 75.6 Å². The highest BCUT2D eigenvalue weighted by molar-refractivity contribution is 6.25. The molecule has 20 heteroatoms. The Morgan fingerprint density at radius 1 is 0.833 bits per heavy atom. The molecule has 2 fully saturated rings. The van der Waals surface area contributed by atoms with Crippen molar-refractivity contribution in [2.24, 2.45) is 13.0 Å². The minimum absolute atomic E-state index is 0.0466. The molecule has 1 saturated carbocycles. The lowest BCUT2D eigenvalue weighted by Gasteiger charge is -2.31. The molecule has 4 heterocycles. The first-order valence-electron chi connectivity index (χ1n) is 20.0. The summed E-state index contributed by atoms with van der Waals surface area (Å²) in [7, 11) is 1.69. The molecule has 322 valence electrons. The Balaban J connectivity index is 0.731. The molecular formula is C40H47F3N8O9. The number of alkyl halides is 3. The summed E-state index contributed by atoms with van der Waals surface area (Å²) in [6.07, 6.45) is -3.17. The fourth-order valence-electron chi connectivity index (χ4n) is 7.98. The second-order valence-electron chi connectivity index (χ2n) is 14.8. The van der Waals surface area contributed by atoms with E-state index in [0.29, 0.717) is 88.0 Å². The van der Waals surface area contributed by atoms with Gasteiger partial charge in [0.25, 0.3) is 17.7 Å². The van der Waals surface area contributed by atoms with E-state index in [1.807, 2.05) is 10.6 Å². The first-order valence-corrected chi connectivity index (χ1v) is 20.0. The average molecular weight is 841 g/mol. The zero-order valence-corrected chi connectivity index (χ0v) is 33.1. The van der Waals surface area contributed by atoms with Gasteiger partial charge in [-0.1, -0.05) is 6.07 Å². The zero-order valence-electron chi connectivity index (χ0n) is 33.1. The molecule has 4 aromatic rings. The number of carbonyl (C=O) groups is 5. The van der Waals surface area contributed by atoms with Crippen LogP contribution in [0.5, 0.6) is 0 Å². The maximum absolute atomic E-state index is 13.3. The Morgan fingerprint density at radius 2 is 1.50 bits per heavy atom. The quantitative estimate of drug-likeness (QED) is 0.0920. The fourth-order valence-corrected chi connectivity index (χ4v) is 7.98. The fraction of sp³-hybridized carbons (Fsp3) is 0.525. The number of amides is 5. The number of halogens is 3.